The number of nitrogens with one attached hydrogen (secondary N) is 1. The molecule has 0 heterocycles. The van der Waals surface area contributed by atoms with Crippen molar-refractivity contribution in [1.29, 1.82) is 0 Å². The number of esters is 1. The minimum atomic E-state index is -0.761. The van der Waals surface area contributed by atoms with Crippen molar-refractivity contribution in [3.8, 4) is 0 Å². The lowest BCUT2D eigenvalue weighted by Gasteiger charge is -2.14. The van der Waals surface area contributed by atoms with Gasteiger partial charge in [0.05, 0.1) is 15.4 Å². The highest BCUT2D eigenvalue weighted by molar-refractivity contribution is 7.98. The fourth-order valence-electron chi connectivity index (χ4n) is 2.40. The van der Waals surface area contributed by atoms with Crippen molar-refractivity contribution in [1.82, 2.24) is 5.32 Å². The van der Waals surface area contributed by atoms with Crippen LogP contribution >= 0.6 is 11.8 Å². The van der Waals surface area contributed by atoms with Gasteiger partial charge in [-0.15, -0.1) is 11.8 Å². The number of carbonyl (C=O) groups excluding carboxylic acids is 2. The molecule has 0 spiro atoms. The highest BCUT2D eigenvalue weighted by Crippen LogP contribution is 2.28. The molecule has 1 rings (SSSR count). The van der Waals surface area contributed by atoms with Gasteiger partial charge in [0.25, 0.3) is 11.6 Å². The molecule has 0 aliphatic carbocycles. The standard InChI is InChI=1S/C18H26N2O5S/c1-12(2)6-5-7-13(3)19-17(21)11-25-18(22)14-8-9-16(26-4)15(10-14)20(23)24/h8-10,12-13H,5-7,11H2,1-4H3,(H,19,21)/t13-/m0/s1. The SMILES string of the molecule is CSc1ccc(C(=O)OCC(=O)N[C@@H](C)CCCC(C)C)cc1[N+](=O)[O-]. The quantitative estimate of drug-likeness (QED) is 0.286. The molecule has 26 heavy (non-hydrogen) atoms. The van der Waals surface area contributed by atoms with Crippen LogP contribution in [0.25, 0.3) is 0 Å². The van der Waals surface area contributed by atoms with Crippen LogP contribution in [0.3, 0.4) is 0 Å². The van der Waals surface area contributed by atoms with E-state index >= 15 is 0 Å². The predicted molar refractivity (Wildman–Crippen MR) is 101 cm³/mol. The number of thioether (sulfide) groups is 1. The first kappa shape index (κ1) is 22.0. The Labute approximate surface area is 158 Å². The average molecular weight is 382 g/mol. The lowest BCUT2D eigenvalue weighted by molar-refractivity contribution is -0.387. The maximum Gasteiger partial charge on any atom is 0.338 e. The summed E-state index contributed by atoms with van der Waals surface area (Å²) < 4.78 is 4.96. The van der Waals surface area contributed by atoms with Crippen LogP contribution in [0, 0.1) is 16.0 Å². The van der Waals surface area contributed by atoms with Crippen molar-refractivity contribution < 1.29 is 19.2 Å². The number of ether oxygens (including phenoxy) is 1. The normalized spacial score (nSPS) is 11.9. The third-order valence-electron chi connectivity index (χ3n) is 3.77. The summed E-state index contributed by atoms with van der Waals surface area (Å²) >= 11 is 1.22. The maximum atomic E-state index is 12.0. The van der Waals surface area contributed by atoms with Crippen molar-refractivity contribution in [3.05, 3.63) is 33.9 Å². The molecule has 8 heteroatoms. The largest absolute Gasteiger partial charge is 0.452 e. The lowest BCUT2D eigenvalue weighted by atomic mass is 10.0. The molecule has 1 aromatic carbocycles. The molecule has 0 fully saturated rings. The van der Waals surface area contributed by atoms with E-state index in [-0.39, 0.29) is 23.2 Å². The minimum absolute atomic E-state index is 0.00176. The third-order valence-corrected chi connectivity index (χ3v) is 4.56. The number of benzene rings is 1. The first-order chi connectivity index (χ1) is 12.2. The van der Waals surface area contributed by atoms with Crippen molar-refractivity contribution >= 4 is 29.3 Å². The number of rotatable bonds is 10. The summed E-state index contributed by atoms with van der Waals surface area (Å²) in [7, 11) is 0. The fourth-order valence-corrected chi connectivity index (χ4v) is 2.94. The van der Waals surface area contributed by atoms with Gasteiger partial charge in [0, 0.05) is 12.1 Å². The Balaban J connectivity index is 2.52. The summed E-state index contributed by atoms with van der Waals surface area (Å²) in [6.45, 7) is 5.80. The summed E-state index contributed by atoms with van der Waals surface area (Å²) in [5.41, 5.74) is -0.109. The van der Waals surface area contributed by atoms with Gasteiger partial charge >= 0.3 is 5.97 Å². The molecule has 0 radical (unpaired) electrons. The van der Waals surface area contributed by atoms with E-state index in [1.54, 1.807) is 6.26 Å². The summed E-state index contributed by atoms with van der Waals surface area (Å²) in [6.07, 6.45) is 4.69. The van der Waals surface area contributed by atoms with E-state index in [0.29, 0.717) is 10.8 Å². The molecule has 1 aromatic rings. The van der Waals surface area contributed by atoms with Gasteiger partial charge < -0.3 is 10.1 Å². The van der Waals surface area contributed by atoms with Crippen LogP contribution in [-0.2, 0) is 9.53 Å². The molecule has 0 aromatic heterocycles. The Morgan fingerprint density at radius 1 is 1.27 bits per heavy atom. The Bertz CT molecular complexity index is 648. The van der Waals surface area contributed by atoms with Gasteiger partial charge in [-0.2, -0.15) is 0 Å². The molecule has 7 nitrogen and oxygen atoms in total. The van der Waals surface area contributed by atoms with E-state index in [1.165, 1.54) is 30.0 Å². The molecule has 0 bridgehead atoms. The second-order valence-corrected chi connectivity index (χ2v) is 7.36. The van der Waals surface area contributed by atoms with E-state index < -0.39 is 17.5 Å². The van der Waals surface area contributed by atoms with Gasteiger partial charge in [0.1, 0.15) is 0 Å². The fraction of sp³-hybridized carbons (Fsp3) is 0.556. The van der Waals surface area contributed by atoms with Gasteiger partial charge in [-0.05, 0) is 37.7 Å². The van der Waals surface area contributed by atoms with Crippen LogP contribution in [0.15, 0.2) is 23.1 Å². The molecular weight excluding hydrogens is 356 g/mol. The zero-order valence-electron chi connectivity index (χ0n) is 15.6. The van der Waals surface area contributed by atoms with Crippen molar-refractivity contribution in [3.63, 3.8) is 0 Å². The second-order valence-electron chi connectivity index (χ2n) is 6.51. The molecule has 0 aliphatic rings. The number of hydrogen-bond donors (Lipinski definition) is 1. The molecule has 0 saturated heterocycles. The smallest absolute Gasteiger partial charge is 0.338 e. The van der Waals surface area contributed by atoms with Gasteiger partial charge in [-0.1, -0.05) is 26.7 Å². The Hall–Kier alpha value is -2.09. The zero-order chi connectivity index (χ0) is 19.7. The Morgan fingerprint density at radius 3 is 2.54 bits per heavy atom. The molecular formula is C18H26N2O5S. The number of hydrogen-bond acceptors (Lipinski definition) is 6. The van der Waals surface area contributed by atoms with Gasteiger partial charge in [0.15, 0.2) is 6.61 Å². The number of amides is 1. The van der Waals surface area contributed by atoms with Gasteiger partial charge in [-0.25, -0.2) is 4.79 Å². The molecule has 0 saturated carbocycles. The number of nitrogens with zero attached hydrogens (tertiary/aromatic N) is 1. The summed E-state index contributed by atoms with van der Waals surface area (Å²) in [5.74, 6) is -0.519. The molecule has 144 valence electrons. The number of nitro benzene ring substituents is 1. The molecule has 1 N–H and O–H groups in total. The van der Waals surface area contributed by atoms with Crippen molar-refractivity contribution in [2.24, 2.45) is 5.92 Å². The minimum Gasteiger partial charge on any atom is -0.452 e. The van der Waals surface area contributed by atoms with E-state index in [2.05, 4.69) is 19.2 Å². The second kappa shape index (κ2) is 10.8. The number of nitro groups is 1. The molecule has 0 aliphatic heterocycles. The summed E-state index contributed by atoms with van der Waals surface area (Å²) in [4.78, 5) is 34.8. The highest BCUT2D eigenvalue weighted by Gasteiger charge is 2.18. The van der Waals surface area contributed by atoms with Gasteiger partial charge in [0.2, 0.25) is 0 Å². The first-order valence-corrected chi connectivity index (χ1v) is 9.76. The topological polar surface area (TPSA) is 98.5 Å². The van der Waals surface area contributed by atoms with Crippen LogP contribution in [0.4, 0.5) is 5.69 Å². The van der Waals surface area contributed by atoms with Crippen molar-refractivity contribution in [2.45, 2.75) is 51.0 Å². The van der Waals surface area contributed by atoms with Crippen LogP contribution < -0.4 is 5.32 Å². The van der Waals surface area contributed by atoms with Crippen LogP contribution in [0.5, 0.6) is 0 Å². The van der Waals surface area contributed by atoms with E-state index in [1.807, 2.05) is 6.92 Å². The van der Waals surface area contributed by atoms with Crippen LogP contribution in [0.1, 0.15) is 50.4 Å². The average Bonchev–Trinajstić information content (AvgIpc) is 2.58. The summed E-state index contributed by atoms with van der Waals surface area (Å²) in [6, 6.07) is 4.12. The first-order valence-electron chi connectivity index (χ1n) is 8.53. The highest BCUT2D eigenvalue weighted by atomic mass is 32.2. The van der Waals surface area contributed by atoms with Crippen LogP contribution in [0.2, 0.25) is 0 Å². The Kier molecular flexibility index (Phi) is 9.12. The zero-order valence-corrected chi connectivity index (χ0v) is 16.4. The molecule has 1 amide bonds. The molecule has 1 atom stereocenters. The van der Waals surface area contributed by atoms with E-state index in [4.69, 9.17) is 4.74 Å². The van der Waals surface area contributed by atoms with E-state index in [0.717, 1.165) is 19.3 Å². The predicted octanol–water partition coefficient (Wildman–Crippen LogP) is 3.80. The molecule has 0 unspecified atom stereocenters. The monoisotopic (exact) mass is 382 g/mol. The summed E-state index contributed by atoms with van der Waals surface area (Å²) in [5, 5.41) is 13.8. The van der Waals surface area contributed by atoms with Crippen molar-refractivity contribution in [2.75, 3.05) is 12.9 Å². The third kappa shape index (κ3) is 7.43. The van der Waals surface area contributed by atoms with Gasteiger partial charge in [-0.3, -0.25) is 14.9 Å². The maximum absolute atomic E-state index is 12.0. The van der Waals surface area contributed by atoms with Crippen LogP contribution in [-0.4, -0.2) is 35.7 Å². The Morgan fingerprint density at radius 2 is 1.96 bits per heavy atom. The van der Waals surface area contributed by atoms with E-state index in [9.17, 15) is 19.7 Å². The number of carbonyl (C=O) groups is 2. The lowest BCUT2D eigenvalue weighted by Crippen LogP contribution is -2.35.